The molecule has 0 saturated heterocycles. The van der Waals surface area contributed by atoms with E-state index in [9.17, 15) is 0 Å². The lowest BCUT2D eigenvalue weighted by atomic mass is 9.81. The summed E-state index contributed by atoms with van der Waals surface area (Å²) in [7, 11) is 0. The molecule has 0 aliphatic heterocycles. The largest absolute Gasteiger partial charge is 0.311 e. The summed E-state index contributed by atoms with van der Waals surface area (Å²) in [5, 5.41) is 3.56. The van der Waals surface area contributed by atoms with E-state index in [-0.39, 0.29) is 0 Å². The maximum absolute atomic E-state index is 3.56. The number of hydrogen-bond acceptors (Lipinski definition) is 1. The third-order valence-electron chi connectivity index (χ3n) is 3.97. The molecule has 1 rings (SSSR count). The summed E-state index contributed by atoms with van der Waals surface area (Å²) in [6.07, 6.45) is 8.22. The molecule has 1 fully saturated rings. The molecule has 0 aromatic rings. The predicted octanol–water partition coefficient (Wildman–Crippen LogP) is 4.39. The lowest BCUT2D eigenvalue weighted by Gasteiger charge is -2.26. The molecule has 0 aromatic carbocycles. The first-order chi connectivity index (χ1) is 7.99. The second kappa shape index (κ2) is 7.20. The van der Waals surface area contributed by atoms with Crippen molar-refractivity contribution in [1.82, 2.24) is 5.32 Å². The van der Waals surface area contributed by atoms with E-state index >= 15 is 0 Å². The molecular weight excluding hydrogens is 206 g/mol. The Hall–Kier alpha value is -0.300. The van der Waals surface area contributed by atoms with Gasteiger partial charge in [-0.2, -0.15) is 0 Å². The van der Waals surface area contributed by atoms with Gasteiger partial charge in [0, 0.05) is 12.6 Å². The van der Waals surface area contributed by atoms with Crippen LogP contribution in [-0.2, 0) is 0 Å². The first-order valence-electron chi connectivity index (χ1n) is 7.43. The van der Waals surface area contributed by atoms with Crippen LogP contribution in [0.2, 0.25) is 0 Å². The standard InChI is InChI=1S/C16H31N/c1-12(2)16(11-17-13(3)4)10-15-8-6-14(5)7-9-15/h10,12-15,17H,6-9,11H2,1-5H3. The van der Waals surface area contributed by atoms with Gasteiger partial charge in [-0.25, -0.2) is 0 Å². The van der Waals surface area contributed by atoms with Gasteiger partial charge in [0.25, 0.3) is 0 Å². The second-order valence-corrected chi connectivity index (χ2v) is 6.45. The molecule has 1 aliphatic carbocycles. The Morgan fingerprint density at radius 2 is 1.71 bits per heavy atom. The Balaban J connectivity index is 2.50. The lowest BCUT2D eigenvalue weighted by molar-refractivity contribution is 0.328. The highest BCUT2D eigenvalue weighted by Crippen LogP contribution is 2.30. The smallest absolute Gasteiger partial charge is 0.0169 e. The van der Waals surface area contributed by atoms with Gasteiger partial charge in [0.15, 0.2) is 0 Å². The Labute approximate surface area is 108 Å². The van der Waals surface area contributed by atoms with Crippen LogP contribution in [0.3, 0.4) is 0 Å². The first-order valence-corrected chi connectivity index (χ1v) is 7.43. The van der Waals surface area contributed by atoms with E-state index in [4.69, 9.17) is 0 Å². The van der Waals surface area contributed by atoms with Crippen molar-refractivity contribution in [3.8, 4) is 0 Å². The van der Waals surface area contributed by atoms with E-state index in [1.165, 1.54) is 25.7 Å². The molecule has 1 heteroatoms. The number of allylic oxidation sites excluding steroid dienone is 1. The molecule has 1 aliphatic rings. The van der Waals surface area contributed by atoms with Crippen LogP contribution < -0.4 is 5.32 Å². The minimum absolute atomic E-state index is 0.587. The van der Waals surface area contributed by atoms with E-state index in [0.29, 0.717) is 12.0 Å². The van der Waals surface area contributed by atoms with E-state index in [1.54, 1.807) is 5.57 Å². The molecule has 0 aromatic heterocycles. The van der Waals surface area contributed by atoms with Gasteiger partial charge in [-0.05, 0) is 30.6 Å². The first kappa shape index (κ1) is 14.8. The van der Waals surface area contributed by atoms with Crippen molar-refractivity contribution >= 4 is 0 Å². The van der Waals surface area contributed by atoms with Gasteiger partial charge in [-0.15, -0.1) is 0 Å². The normalized spacial score (nSPS) is 26.9. The SMILES string of the molecule is CC1CCC(C=C(CNC(C)C)C(C)C)CC1. The summed E-state index contributed by atoms with van der Waals surface area (Å²) in [6.45, 7) is 12.5. The number of hydrogen-bond donors (Lipinski definition) is 1. The summed E-state index contributed by atoms with van der Waals surface area (Å²) in [4.78, 5) is 0. The molecular formula is C16H31N. The van der Waals surface area contributed by atoms with Gasteiger partial charge < -0.3 is 5.32 Å². The van der Waals surface area contributed by atoms with E-state index in [1.807, 2.05) is 0 Å². The van der Waals surface area contributed by atoms with Crippen molar-refractivity contribution in [2.75, 3.05) is 6.54 Å². The highest BCUT2D eigenvalue weighted by Gasteiger charge is 2.17. The molecule has 1 saturated carbocycles. The third-order valence-corrected chi connectivity index (χ3v) is 3.97. The van der Waals surface area contributed by atoms with Crippen LogP contribution in [0, 0.1) is 17.8 Å². The molecule has 0 radical (unpaired) electrons. The Kier molecular flexibility index (Phi) is 6.26. The summed E-state index contributed by atoms with van der Waals surface area (Å²) < 4.78 is 0. The molecule has 1 N–H and O–H groups in total. The van der Waals surface area contributed by atoms with Gasteiger partial charge in [0.1, 0.15) is 0 Å². The van der Waals surface area contributed by atoms with E-state index in [0.717, 1.165) is 18.4 Å². The maximum atomic E-state index is 3.56. The zero-order valence-electron chi connectivity index (χ0n) is 12.4. The molecule has 17 heavy (non-hydrogen) atoms. The zero-order valence-corrected chi connectivity index (χ0v) is 12.4. The molecule has 0 spiro atoms. The van der Waals surface area contributed by atoms with Gasteiger partial charge in [-0.1, -0.05) is 59.1 Å². The maximum Gasteiger partial charge on any atom is 0.0169 e. The quantitative estimate of drug-likeness (QED) is 0.699. The fourth-order valence-corrected chi connectivity index (χ4v) is 2.53. The van der Waals surface area contributed by atoms with E-state index in [2.05, 4.69) is 46.0 Å². The van der Waals surface area contributed by atoms with Gasteiger partial charge in [0.2, 0.25) is 0 Å². The fraction of sp³-hybridized carbons (Fsp3) is 0.875. The van der Waals surface area contributed by atoms with Crippen molar-refractivity contribution in [3.63, 3.8) is 0 Å². The molecule has 0 unspecified atom stereocenters. The molecule has 1 nitrogen and oxygen atoms in total. The van der Waals surface area contributed by atoms with Crippen LogP contribution in [0.25, 0.3) is 0 Å². The van der Waals surface area contributed by atoms with Crippen molar-refractivity contribution < 1.29 is 0 Å². The monoisotopic (exact) mass is 237 g/mol. The number of nitrogens with one attached hydrogen (secondary N) is 1. The zero-order chi connectivity index (χ0) is 12.8. The van der Waals surface area contributed by atoms with Crippen molar-refractivity contribution in [1.29, 1.82) is 0 Å². The molecule has 100 valence electrons. The Morgan fingerprint density at radius 1 is 1.12 bits per heavy atom. The lowest BCUT2D eigenvalue weighted by Crippen LogP contribution is -2.27. The average Bonchev–Trinajstić information content (AvgIpc) is 2.26. The summed E-state index contributed by atoms with van der Waals surface area (Å²) in [6, 6.07) is 0.587. The highest BCUT2D eigenvalue weighted by atomic mass is 14.9. The molecule has 0 bridgehead atoms. The van der Waals surface area contributed by atoms with Crippen molar-refractivity contribution in [2.45, 2.75) is 66.3 Å². The van der Waals surface area contributed by atoms with Crippen LogP contribution in [0.5, 0.6) is 0 Å². The third kappa shape index (κ3) is 5.72. The topological polar surface area (TPSA) is 12.0 Å². The average molecular weight is 237 g/mol. The number of rotatable bonds is 5. The van der Waals surface area contributed by atoms with Crippen LogP contribution >= 0.6 is 0 Å². The Morgan fingerprint density at radius 3 is 2.18 bits per heavy atom. The predicted molar refractivity (Wildman–Crippen MR) is 77.2 cm³/mol. The van der Waals surface area contributed by atoms with E-state index < -0.39 is 0 Å². The summed E-state index contributed by atoms with van der Waals surface area (Å²) in [5.41, 5.74) is 1.61. The van der Waals surface area contributed by atoms with Crippen LogP contribution in [-0.4, -0.2) is 12.6 Å². The minimum Gasteiger partial charge on any atom is -0.311 e. The van der Waals surface area contributed by atoms with Crippen LogP contribution in [0.1, 0.15) is 60.3 Å². The van der Waals surface area contributed by atoms with Crippen LogP contribution in [0.15, 0.2) is 11.6 Å². The highest BCUT2D eigenvalue weighted by molar-refractivity contribution is 5.09. The van der Waals surface area contributed by atoms with Crippen LogP contribution in [0.4, 0.5) is 0 Å². The second-order valence-electron chi connectivity index (χ2n) is 6.45. The molecule has 0 atom stereocenters. The Bertz CT molecular complexity index is 232. The summed E-state index contributed by atoms with van der Waals surface area (Å²) >= 11 is 0. The van der Waals surface area contributed by atoms with Gasteiger partial charge in [0.05, 0.1) is 0 Å². The van der Waals surface area contributed by atoms with Crippen molar-refractivity contribution in [3.05, 3.63) is 11.6 Å². The molecule has 0 amide bonds. The van der Waals surface area contributed by atoms with Gasteiger partial charge in [-0.3, -0.25) is 0 Å². The van der Waals surface area contributed by atoms with Gasteiger partial charge >= 0.3 is 0 Å². The fourth-order valence-electron chi connectivity index (χ4n) is 2.53. The molecule has 0 heterocycles. The summed E-state index contributed by atoms with van der Waals surface area (Å²) in [5.74, 6) is 2.48. The minimum atomic E-state index is 0.587. The van der Waals surface area contributed by atoms with Crippen molar-refractivity contribution in [2.24, 2.45) is 17.8 Å².